The average Bonchev–Trinajstić information content (AvgIpc) is 2.94. The van der Waals surface area contributed by atoms with Crippen LogP contribution in [0.15, 0.2) is 35.1 Å². The summed E-state index contributed by atoms with van der Waals surface area (Å²) in [6, 6.07) is 7.41. The van der Waals surface area contributed by atoms with Crippen molar-refractivity contribution in [3.05, 3.63) is 41.9 Å². The predicted molar refractivity (Wildman–Crippen MR) is 111 cm³/mol. The highest BCUT2D eigenvalue weighted by Crippen LogP contribution is 2.29. The van der Waals surface area contributed by atoms with Crippen LogP contribution in [0.2, 0.25) is 0 Å². The highest BCUT2D eigenvalue weighted by molar-refractivity contribution is 6.04. The van der Waals surface area contributed by atoms with Crippen LogP contribution in [-0.4, -0.2) is 52.8 Å². The minimum Gasteiger partial charge on any atom is -0.443 e. The first-order chi connectivity index (χ1) is 14.3. The maximum Gasteiger partial charge on any atom is 0.276 e. The van der Waals surface area contributed by atoms with E-state index in [1.54, 1.807) is 0 Å². The van der Waals surface area contributed by atoms with Gasteiger partial charge in [-0.05, 0) is 31.7 Å². The fourth-order valence-corrected chi connectivity index (χ4v) is 4.32. The first kappa shape index (κ1) is 19.7. The van der Waals surface area contributed by atoms with Crippen molar-refractivity contribution in [3.63, 3.8) is 0 Å². The third-order valence-corrected chi connectivity index (χ3v) is 5.96. The second-order valence-corrected chi connectivity index (χ2v) is 7.99. The zero-order valence-electron chi connectivity index (χ0n) is 16.9. The van der Waals surface area contributed by atoms with Crippen molar-refractivity contribution in [2.45, 2.75) is 51.4 Å². The Hall–Kier alpha value is -2.63. The number of likely N-dealkylation sites (tertiary alicyclic amines) is 2. The molecule has 3 heterocycles. The number of oxazole rings is 1. The largest absolute Gasteiger partial charge is 0.443 e. The molecule has 4 rings (SSSR count). The second-order valence-electron chi connectivity index (χ2n) is 7.99. The van der Waals surface area contributed by atoms with Crippen LogP contribution in [0.3, 0.4) is 0 Å². The first-order valence-corrected chi connectivity index (χ1v) is 10.9. The normalized spacial score (nSPS) is 18.2. The van der Waals surface area contributed by atoms with Gasteiger partial charge in [0.1, 0.15) is 0 Å². The van der Waals surface area contributed by atoms with E-state index >= 15 is 0 Å². The van der Waals surface area contributed by atoms with Gasteiger partial charge >= 0.3 is 0 Å². The summed E-state index contributed by atoms with van der Waals surface area (Å²) in [6.07, 6.45) is 10.1. The second kappa shape index (κ2) is 9.25. The van der Waals surface area contributed by atoms with Crippen molar-refractivity contribution >= 4 is 11.8 Å². The van der Waals surface area contributed by atoms with Gasteiger partial charge in [0.15, 0.2) is 17.8 Å². The van der Waals surface area contributed by atoms with Gasteiger partial charge in [0.2, 0.25) is 0 Å². The molecule has 2 aliphatic heterocycles. The topological polar surface area (TPSA) is 66.7 Å². The molecule has 0 aliphatic carbocycles. The van der Waals surface area contributed by atoms with Gasteiger partial charge in [-0.1, -0.05) is 43.9 Å². The number of hydrogen-bond acceptors (Lipinski definition) is 4. The fourth-order valence-electron chi connectivity index (χ4n) is 4.32. The predicted octanol–water partition coefficient (Wildman–Crippen LogP) is 4.37. The molecule has 2 aromatic rings. The zero-order chi connectivity index (χ0) is 20.1. The van der Waals surface area contributed by atoms with Gasteiger partial charge in [0.05, 0.1) is 5.56 Å². The van der Waals surface area contributed by atoms with Gasteiger partial charge < -0.3 is 14.2 Å². The molecule has 6 heteroatoms. The number of hydrogen-bond donors (Lipinski definition) is 0. The lowest BCUT2D eigenvalue weighted by Gasteiger charge is -2.22. The molecule has 6 nitrogen and oxygen atoms in total. The Morgan fingerprint density at radius 1 is 0.759 bits per heavy atom. The SMILES string of the molecule is O=C(c1ccccc1-c1ocnc1C(=O)N1CCCCCC1)N1CCCCCC1. The molecule has 29 heavy (non-hydrogen) atoms. The standard InChI is InChI=1S/C23H29N3O3/c27-22(25-13-7-1-2-8-14-25)19-12-6-5-11-18(19)21-20(24-17-29-21)23(28)26-15-9-3-4-10-16-26/h5-6,11-12,17H,1-4,7-10,13-16H2. The Morgan fingerprint density at radius 2 is 1.31 bits per heavy atom. The molecular formula is C23H29N3O3. The van der Waals surface area contributed by atoms with Crippen LogP contribution >= 0.6 is 0 Å². The molecule has 0 bridgehead atoms. The summed E-state index contributed by atoms with van der Waals surface area (Å²) in [6.45, 7) is 3.06. The summed E-state index contributed by atoms with van der Waals surface area (Å²) in [4.78, 5) is 34.5. The lowest BCUT2D eigenvalue weighted by Crippen LogP contribution is -2.33. The quantitative estimate of drug-likeness (QED) is 0.774. The van der Waals surface area contributed by atoms with Crippen LogP contribution in [0, 0.1) is 0 Å². The maximum atomic E-state index is 13.3. The molecule has 0 N–H and O–H groups in total. The van der Waals surface area contributed by atoms with Gasteiger partial charge in [-0.3, -0.25) is 9.59 Å². The minimum absolute atomic E-state index is 0.00655. The smallest absolute Gasteiger partial charge is 0.276 e. The van der Waals surface area contributed by atoms with Crippen molar-refractivity contribution in [2.75, 3.05) is 26.2 Å². The van der Waals surface area contributed by atoms with E-state index in [0.717, 1.165) is 64.7 Å². The lowest BCUT2D eigenvalue weighted by molar-refractivity contribution is 0.0749. The van der Waals surface area contributed by atoms with Crippen LogP contribution in [-0.2, 0) is 0 Å². The molecule has 2 aliphatic rings. The average molecular weight is 396 g/mol. The summed E-state index contributed by atoms with van der Waals surface area (Å²) in [5, 5.41) is 0. The summed E-state index contributed by atoms with van der Waals surface area (Å²) in [7, 11) is 0. The fraction of sp³-hybridized carbons (Fsp3) is 0.522. The minimum atomic E-state index is -0.104. The molecule has 0 atom stereocenters. The Bertz CT molecular complexity index is 845. The van der Waals surface area contributed by atoms with Crippen molar-refractivity contribution in [2.24, 2.45) is 0 Å². The number of nitrogens with zero attached hydrogens (tertiary/aromatic N) is 3. The number of aromatic nitrogens is 1. The van der Waals surface area contributed by atoms with E-state index < -0.39 is 0 Å². The third kappa shape index (κ3) is 4.36. The maximum absolute atomic E-state index is 13.3. The van der Waals surface area contributed by atoms with E-state index in [1.807, 2.05) is 34.1 Å². The van der Waals surface area contributed by atoms with Crippen molar-refractivity contribution < 1.29 is 14.0 Å². The summed E-state index contributed by atoms with van der Waals surface area (Å²) in [5.74, 6) is 0.303. The first-order valence-electron chi connectivity index (χ1n) is 10.9. The zero-order valence-corrected chi connectivity index (χ0v) is 16.9. The molecular weight excluding hydrogens is 366 g/mol. The lowest BCUT2D eigenvalue weighted by atomic mass is 10.0. The molecule has 2 saturated heterocycles. The van der Waals surface area contributed by atoms with E-state index in [4.69, 9.17) is 4.42 Å². The summed E-state index contributed by atoms with van der Waals surface area (Å²) in [5.41, 5.74) is 1.54. The molecule has 0 radical (unpaired) electrons. The monoisotopic (exact) mass is 395 g/mol. The van der Waals surface area contributed by atoms with Crippen LogP contribution in [0.25, 0.3) is 11.3 Å². The van der Waals surface area contributed by atoms with Crippen LogP contribution in [0.5, 0.6) is 0 Å². The van der Waals surface area contributed by atoms with Crippen molar-refractivity contribution in [3.8, 4) is 11.3 Å². The number of benzene rings is 1. The van der Waals surface area contributed by atoms with Gasteiger partial charge in [-0.25, -0.2) is 4.98 Å². The Balaban J connectivity index is 1.64. The van der Waals surface area contributed by atoms with Gasteiger partial charge in [-0.2, -0.15) is 0 Å². The molecule has 0 unspecified atom stereocenters. The number of rotatable bonds is 3. The van der Waals surface area contributed by atoms with E-state index in [2.05, 4.69) is 4.98 Å². The van der Waals surface area contributed by atoms with Crippen molar-refractivity contribution in [1.29, 1.82) is 0 Å². The number of carbonyl (C=O) groups is 2. The van der Waals surface area contributed by atoms with Crippen LogP contribution in [0.4, 0.5) is 0 Å². The molecule has 2 fully saturated rings. The van der Waals surface area contributed by atoms with Crippen LogP contribution in [0.1, 0.15) is 72.2 Å². The summed E-state index contributed by atoms with van der Waals surface area (Å²) < 4.78 is 5.67. The van der Waals surface area contributed by atoms with Gasteiger partial charge in [-0.15, -0.1) is 0 Å². The van der Waals surface area contributed by atoms with Gasteiger partial charge in [0.25, 0.3) is 11.8 Å². The third-order valence-electron chi connectivity index (χ3n) is 5.96. The van der Waals surface area contributed by atoms with E-state index in [1.165, 1.54) is 19.2 Å². The summed E-state index contributed by atoms with van der Waals surface area (Å²) >= 11 is 0. The van der Waals surface area contributed by atoms with Crippen molar-refractivity contribution in [1.82, 2.24) is 14.8 Å². The molecule has 1 aromatic carbocycles. The van der Waals surface area contributed by atoms with E-state index in [-0.39, 0.29) is 11.8 Å². The van der Waals surface area contributed by atoms with Crippen LogP contribution < -0.4 is 0 Å². The highest BCUT2D eigenvalue weighted by atomic mass is 16.3. The molecule has 1 aromatic heterocycles. The Morgan fingerprint density at radius 3 is 1.93 bits per heavy atom. The number of carbonyl (C=O) groups excluding carboxylic acids is 2. The number of amides is 2. The Labute approximate surface area is 171 Å². The molecule has 2 amide bonds. The van der Waals surface area contributed by atoms with E-state index in [0.29, 0.717) is 22.6 Å². The Kier molecular flexibility index (Phi) is 6.27. The van der Waals surface area contributed by atoms with Gasteiger partial charge in [0, 0.05) is 31.7 Å². The molecule has 154 valence electrons. The molecule has 0 saturated carbocycles. The molecule has 0 spiro atoms. The highest BCUT2D eigenvalue weighted by Gasteiger charge is 2.28. The van der Waals surface area contributed by atoms with E-state index in [9.17, 15) is 9.59 Å².